The van der Waals surface area contributed by atoms with E-state index in [0.29, 0.717) is 19.3 Å². The van der Waals surface area contributed by atoms with Gasteiger partial charge in [-0.25, -0.2) is 0 Å². The first-order chi connectivity index (χ1) is 28.3. The lowest BCUT2D eigenvalue weighted by Crippen LogP contribution is -2.30. The zero-order chi connectivity index (χ0) is 42.6. The van der Waals surface area contributed by atoms with Gasteiger partial charge in [0.05, 0.1) is 0 Å². The normalized spacial score (nSPS) is 13.0. The highest BCUT2D eigenvalue weighted by molar-refractivity contribution is 5.71. The van der Waals surface area contributed by atoms with Crippen LogP contribution in [0, 0.1) is 11.8 Å². The maximum absolute atomic E-state index is 12.8. The summed E-state index contributed by atoms with van der Waals surface area (Å²) >= 11 is 0. The summed E-state index contributed by atoms with van der Waals surface area (Å²) in [4.78, 5) is 37.9. The van der Waals surface area contributed by atoms with E-state index in [1.165, 1.54) is 173 Å². The van der Waals surface area contributed by atoms with Gasteiger partial charge in [-0.05, 0) is 31.1 Å². The van der Waals surface area contributed by atoms with Crippen molar-refractivity contribution >= 4 is 17.9 Å². The summed E-state index contributed by atoms with van der Waals surface area (Å²) in [7, 11) is 0. The number of carbonyl (C=O) groups is 3. The summed E-state index contributed by atoms with van der Waals surface area (Å²) in [5.41, 5.74) is 0. The van der Waals surface area contributed by atoms with Crippen LogP contribution in [0.15, 0.2) is 0 Å². The van der Waals surface area contributed by atoms with Gasteiger partial charge in [0, 0.05) is 19.3 Å². The molecule has 0 radical (unpaired) electrons. The summed E-state index contributed by atoms with van der Waals surface area (Å²) in [5.74, 6) is 0.864. The standard InChI is InChI=1S/C52H100O6/c1-6-9-10-11-12-13-14-15-16-17-21-27-32-37-42-50(53)56-45-49(58-52(55)44-39-34-29-24-23-26-31-36-41-48(5)8-3)46-57-51(54)43-38-33-28-22-19-18-20-25-30-35-40-47(4)7-2/h47-49H,6-46H2,1-5H3/t47?,48?,49-/m1/s1. The predicted octanol–water partition coefficient (Wildman–Crippen LogP) is 16.5. The molecule has 58 heavy (non-hydrogen) atoms. The van der Waals surface area contributed by atoms with Crippen molar-refractivity contribution in [1.82, 2.24) is 0 Å². The van der Waals surface area contributed by atoms with Crippen molar-refractivity contribution in [2.75, 3.05) is 13.2 Å². The molecule has 0 bridgehead atoms. The number of hydrogen-bond donors (Lipinski definition) is 0. The zero-order valence-corrected chi connectivity index (χ0v) is 39.7. The lowest BCUT2D eigenvalue weighted by molar-refractivity contribution is -0.167. The molecule has 0 aliphatic carbocycles. The van der Waals surface area contributed by atoms with Crippen LogP contribution in [-0.2, 0) is 28.6 Å². The predicted molar refractivity (Wildman–Crippen MR) is 247 cm³/mol. The number of ether oxygens (including phenoxy) is 3. The molecule has 6 nitrogen and oxygen atoms in total. The zero-order valence-electron chi connectivity index (χ0n) is 39.7. The molecule has 0 saturated heterocycles. The molecule has 0 spiro atoms. The molecule has 6 heteroatoms. The Hall–Kier alpha value is -1.59. The van der Waals surface area contributed by atoms with Crippen LogP contribution in [0.2, 0.25) is 0 Å². The molecule has 0 fully saturated rings. The summed E-state index contributed by atoms with van der Waals surface area (Å²) in [6, 6.07) is 0. The second-order valence-corrected chi connectivity index (χ2v) is 18.3. The van der Waals surface area contributed by atoms with Gasteiger partial charge in [0.1, 0.15) is 13.2 Å². The monoisotopic (exact) mass is 821 g/mol. The Bertz CT molecular complexity index is 889. The van der Waals surface area contributed by atoms with Gasteiger partial charge in [0.2, 0.25) is 0 Å². The van der Waals surface area contributed by atoms with Gasteiger partial charge in [-0.3, -0.25) is 14.4 Å². The van der Waals surface area contributed by atoms with E-state index in [4.69, 9.17) is 14.2 Å². The third kappa shape index (κ3) is 42.5. The molecule has 0 heterocycles. The highest BCUT2D eigenvalue weighted by Gasteiger charge is 2.19. The maximum atomic E-state index is 12.8. The minimum atomic E-state index is -0.762. The van der Waals surface area contributed by atoms with Crippen LogP contribution in [0.3, 0.4) is 0 Å². The molecule has 0 aromatic heterocycles. The number of unbranched alkanes of at least 4 members (excludes halogenated alkanes) is 29. The molecule has 0 aromatic rings. The smallest absolute Gasteiger partial charge is 0.306 e. The Labute approximate surface area is 361 Å². The molecule has 0 aliphatic rings. The Kier molecular flexibility index (Phi) is 43.7. The maximum Gasteiger partial charge on any atom is 0.306 e. The Balaban J connectivity index is 4.33. The highest BCUT2D eigenvalue weighted by atomic mass is 16.6. The molecule has 2 unspecified atom stereocenters. The lowest BCUT2D eigenvalue weighted by Gasteiger charge is -2.18. The quantitative estimate of drug-likeness (QED) is 0.0346. The van der Waals surface area contributed by atoms with Crippen molar-refractivity contribution in [3.8, 4) is 0 Å². The molecule has 3 atom stereocenters. The van der Waals surface area contributed by atoms with Crippen LogP contribution >= 0.6 is 0 Å². The van der Waals surface area contributed by atoms with Crippen molar-refractivity contribution in [1.29, 1.82) is 0 Å². The van der Waals surface area contributed by atoms with Gasteiger partial charge in [-0.15, -0.1) is 0 Å². The van der Waals surface area contributed by atoms with E-state index in [0.717, 1.165) is 69.6 Å². The van der Waals surface area contributed by atoms with Crippen molar-refractivity contribution in [2.45, 2.75) is 291 Å². The van der Waals surface area contributed by atoms with Gasteiger partial charge in [-0.2, -0.15) is 0 Å². The van der Waals surface area contributed by atoms with Gasteiger partial charge in [0.15, 0.2) is 6.10 Å². The molecule has 0 aromatic carbocycles. The number of rotatable bonds is 46. The van der Waals surface area contributed by atoms with E-state index >= 15 is 0 Å². The van der Waals surface area contributed by atoms with E-state index in [1.807, 2.05) is 0 Å². The van der Waals surface area contributed by atoms with Crippen LogP contribution in [0.1, 0.15) is 285 Å². The molecule has 0 N–H and O–H groups in total. The summed E-state index contributed by atoms with van der Waals surface area (Å²) in [6.45, 7) is 11.4. The summed E-state index contributed by atoms with van der Waals surface area (Å²) in [5, 5.41) is 0. The summed E-state index contributed by atoms with van der Waals surface area (Å²) in [6.07, 6.45) is 45.0. The van der Waals surface area contributed by atoms with Crippen LogP contribution in [0.5, 0.6) is 0 Å². The third-order valence-corrected chi connectivity index (χ3v) is 12.4. The van der Waals surface area contributed by atoms with Crippen molar-refractivity contribution in [3.05, 3.63) is 0 Å². The Morgan fingerprint density at radius 2 is 0.603 bits per heavy atom. The summed E-state index contributed by atoms with van der Waals surface area (Å²) < 4.78 is 16.8. The molecule has 0 rings (SSSR count). The average Bonchev–Trinajstić information content (AvgIpc) is 3.22. The van der Waals surface area contributed by atoms with E-state index in [9.17, 15) is 14.4 Å². The van der Waals surface area contributed by atoms with Crippen molar-refractivity contribution in [3.63, 3.8) is 0 Å². The van der Waals surface area contributed by atoms with Crippen LogP contribution in [0.25, 0.3) is 0 Å². The van der Waals surface area contributed by atoms with E-state index in [1.54, 1.807) is 0 Å². The highest BCUT2D eigenvalue weighted by Crippen LogP contribution is 2.18. The van der Waals surface area contributed by atoms with Crippen LogP contribution in [0.4, 0.5) is 0 Å². The number of esters is 3. The fraction of sp³-hybridized carbons (Fsp3) is 0.942. The largest absolute Gasteiger partial charge is 0.462 e. The van der Waals surface area contributed by atoms with E-state index in [-0.39, 0.29) is 31.1 Å². The van der Waals surface area contributed by atoms with Gasteiger partial charge in [0.25, 0.3) is 0 Å². The average molecular weight is 821 g/mol. The first kappa shape index (κ1) is 56.4. The topological polar surface area (TPSA) is 78.9 Å². The molecular formula is C52H100O6. The van der Waals surface area contributed by atoms with Gasteiger partial charge < -0.3 is 14.2 Å². The first-order valence-corrected chi connectivity index (χ1v) is 25.8. The lowest BCUT2D eigenvalue weighted by atomic mass is 9.99. The van der Waals surface area contributed by atoms with Crippen LogP contribution < -0.4 is 0 Å². The number of carbonyl (C=O) groups excluding carboxylic acids is 3. The second kappa shape index (κ2) is 44.9. The van der Waals surface area contributed by atoms with E-state index < -0.39 is 6.10 Å². The van der Waals surface area contributed by atoms with E-state index in [2.05, 4.69) is 34.6 Å². The molecule has 0 amide bonds. The molecule has 0 saturated carbocycles. The van der Waals surface area contributed by atoms with Gasteiger partial charge in [-0.1, -0.05) is 247 Å². The van der Waals surface area contributed by atoms with Gasteiger partial charge >= 0.3 is 17.9 Å². The fourth-order valence-electron chi connectivity index (χ4n) is 7.75. The Morgan fingerprint density at radius 1 is 0.345 bits per heavy atom. The second-order valence-electron chi connectivity index (χ2n) is 18.3. The SMILES string of the molecule is CCCCCCCCCCCCCCCCC(=O)OC[C@H](COC(=O)CCCCCCCCCCCCC(C)CC)OC(=O)CCCCCCCCCCC(C)CC. The molecular weight excluding hydrogens is 721 g/mol. The van der Waals surface area contributed by atoms with Crippen LogP contribution in [-0.4, -0.2) is 37.2 Å². The fourth-order valence-corrected chi connectivity index (χ4v) is 7.75. The van der Waals surface area contributed by atoms with Crippen molar-refractivity contribution < 1.29 is 28.6 Å². The molecule has 0 aliphatic heterocycles. The number of hydrogen-bond acceptors (Lipinski definition) is 6. The first-order valence-electron chi connectivity index (χ1n) is 25.8. The third-order valence-electron chi connectivity index (χ3n) is 12.4. The van der Waals surface area contributed by atoms with Crippen molar-refractivity contribution in [2.24, 2.45) is 11.8 Å². The Morgan fingerprint density at radius 3 is 0.897 bits per heavy atom. The minimum Gasteiger partial charge on any atom is -0.462 e. The molecule has 344 valence electrons. The minimum absolute atomic E-state index is 0.0641.